The highest BCUT2D eigenvalue weighted by Crippen LogP contribution is 2.29. The van der Waals surface area contributed by atoms with Crippen molar-refractivity contribution in [2.45, 2.75) is 38.8 Å². The summed E-state index contributed by atoms with van der Waals surface area (Å²) in [5.74, 6) is -1.21. The first kappa shape index (κ1) is 22.6. The first-order valence-electron chi connectivity index (χ1n) is 10.7. The Morgan fingerprint density at radius 2 is 2.06 bits per heavy atom. The Kier molecular flexibility index (Phi) is 5.97. The number of carbonyl (C=O) groups excluding carboxylic acids is 1. The van der Waals surface area contributed by atoms with E-state index in [0.29, 0.717) is 36.4 Å². The Hall–Kier alpha value is -3.62. The second-order valence-corrected chi connectivity index (χ2v) is 9.03. The van der Waals surface area contributed by atoms with Crippen molar-refractivity contribution < 1.29 is 23.4 Å². The van der Waals surface area contributed by atoms with Crippen LogP contribution >= 0.6 is 0 Å². The molecular weight excluding hydrogens is 430 g/mol. The fourth-order valence-corrected chi connectivity index (χ4v) is 3.77. The minimum atomic E-state index is -0.569. The number of halogens is 2. The number of nitrogens with zero attached hydrogens (tertiary/aromatic N) is 2. The molecule has 0 bridgehead atoms. The van der Waals surface area contributed by atoms with Gasteiger partial charge in [0.15, 0.2) is 5.88 Å². The SMILES string of the molecule is CC(C)(C)OC(=O)N1CCC(Nc2ccc(N=Cc3c(O)[nH]c4cccc(F)c34)cc2F)C1. The minimum absolute atomic E-state index is 0.104. The van der Waals surface area contributed by atoms with Crippen LogP contribution in [0.1, 0.15) is 32.8 Å². The fourth-order valence-electron chi connectivity index (χ4n) is 3.77. The van der Waals surface area contributed by atoms with Gasteiger partial charge in [-0.25, -0.2) is 13.6 Å². The van der Waals surface area contributed by atoms with E-state index < -0.39 is 17.2 Å². The van der Waals surface area contributed by atoms with Gasteiger partial charge in [-0.2, -0.15) is 0 Å². The molecule has 1 aliphatic rings. The molecule has 4 rings (SSSR count). The third-order valence-electron chi connectivity index (χ3n) is 5.29. The smallest absolute Gasteiger partial charge is 0.410 e. The third kappa shape index (κ3) is 5.08. The number of aromatic amines is 1. The van der Waals surface area contributed by atoms with E-state index in [1.165, 1.54) is 24.4 Å². The first-order chi connectivity index (χ1) is 15.6. The van der Waals surface area contributed by atoms with Crippen LogP contribution in [-0.4, -0.2) is 52.0 Å². The van der Waals surface area contributed by atoms with E-state index in [1.54, 1.807) is 23.1 Å². The summed E-state index contributed by atoms with van der Waals surface area (Å²) < 4.78 is 34.2. The van der Waals surface area contributed by atoms with Gasteiger partial charge in [0.25, 0.3) is 0 Å². The normalized spacial score (nSPS) is 16.6. The van der Waals surface area contributed by atoms with E-state index in [2.05, 4.69) is 15.3 Å². The molecule has 1 saturated heterocycles. The number of benzene rings is 2. The minimum Gasteiger partial charge on any atom is -0.494 e. The molecule has 1 aromatic heterocycles. The lowest BCUT2D eigenvalue weighted by molar-refractivity contribution is 0.0293. The summed E-state index contributed by atoms with van der Waals surface area (Å²) in [6.45, 7) is 6.38. The molecule has 2 aromatic carbocycles. The lowest BCUT2D eigenvalue weighted by Crippen LogP contribution is -2.36. The highest BCUT2D eigenvalue weighted by atomic mass is 19.1. The predicted octanol–water partition coefficient (Wildman–Crippen LogP) is 5.32. The van der Waals surface area contributed by atoms with Gasteiger partial charge in [0, 0.05) is 36.8 Å². The number of ether oxygens (including phenoxy) is 1. The Labute approximate surface area is 190 Å². The number of amides is 1. The van der Waals surface area contributed by atoms with Crippen LogP contribution in [0.4, 0.5) is 25.0 Å². The standard InChI is InChI=1S/C24H26F2N4O3/c1-24(2,3)33-23(32)30-10-9-15(13-30)28-19-8-7-14(11-18(19)26)27-12-16-21-17(25)5-4-6-20(21)29-22(16)31/h4-8,11-12,15,28-29,31H,9-10,13H2,1-3H3. The van der Waals surface area contributed by atoms with Crippen LogP contribution < -0.4 is 5.32 Å². The first-order valence-corrected chi connectivity index (χ1v) is 10.7. The van der Waals surface area contributed by atoms with Gasteiger partial charge in [-0.1, -0.05) is 6.07 Å². The molecule has 33 heavy (non-hydrogen) atoms. The maximum atomic E-state index is 14.7. The summed E-state index contributed by atoms with van der Waals surface area (Å²) in [5, 5.41) is 13.4. The van der Waals surface area contributed by atoms with Crippen molar-refractivity contribution >= 4 is 34.6 Å². The van der Waals surface area contributed by atoms with Crippen LogP contribution in [0.25, 0.3) is 10.9 Å². The molecule has 1 fully saturated rings. The van der Waals surface area contributed by atoms with Gasteiger partial charge in [-0.3, -0.25) is 4.99 Å². The number of aromatic nitrogens is 1. The fraction of sp³-hybridized carbons (Fsp3) is 0.333. The molecule has 1 amide bonds. The summed E-state index contributed by atoms with van der Waals surface area (Å²) in [6.07, 6.45) is 1.59. The zero-order valence-corrected chi connectivity index (χ0v) is 18.7. The van der Waals surface area contributed by atoms with Crippen molar-refractivity contribution in [2.24, 2.45) is 4.99 Å². The van der Waals surface area contributed by atoms with Crippen molar-refractivity contribution in [3.8, 4) is 5.88 Å². The molecule has 0 spiro atoms. The number of nitrogens with one attached hydrogen (secondary N) is 2. The largest absolute Gasteiger partial charge is 0.494 e. The van der Waals surface area contributed by atoms with Crippen LogP contribution in [0.15, 0.2) is 41.4 Å². The summed E-state index contributed by atoms with van der Waals surface area (Å²) in [5.41, 5.74) is 0.673. The molecule has 2 heterocycles. The molecule has 9 heteroatoms. The van der Waals surface area contributed by atoms with Crippen molar-refractivity contribution in [3.63, 3.8) is 0 Å². The summed E-state index contributed by atoms with van der Waals surface area (Å²) >= 11 is 0. The molecular formula is C24H26F2N4O3. The van der Waals surface area contributed by atoms with E-state index in [9.17, 15) is 18.7 Å². The lowest BCUT2D eigenvalue weighted by atomic mass is 10.1. The molecule has 7 nitrogen and oxygen atoms in total. The van der Waals surface area contributed by atoms with Crippen LogP contribution in [0.5, 0.6) is 5.88 Å². The summed E-state index contributed by atoms with van der Waals surface area (Å²) in [4.78, 5) is 20.7. The number of hydrogen-bond donors (Lipinski definition) is 3. The highest BCUT2D eigenvalue weighted by molar-refractivity contribution is 6.02. The molecule has 1 atom stereocenters. The van der Waals surface area contributed by atoms with Crippen LogP contribution in [0.2, 0.25) is 0 Å². The zero-order valence-electron chi connectivity index (χ0n) is 18.7. The van der Waals surface area contributed by atoms with Gasteiger partial charge in [0.05, 0.1) is 22.5 Å². The van der Waals surface area contributed by atoms with Crippen molar-refractivity contribution in [1.82, 2.24) is 9.88 Å². The predicted molar refractivity (Wildman–Crippen MR) is 123 cm³/mol. The highest BCUT2D eigenvalue weighted by Gasteiger charge is 2.30. The van der Waals surface area contributed by atoms with Crippen LogP contribution in [0.3, 0.4) is 0 Å². The van der Waals surface area contributed by atoms with E-state index >= 15 is 0 Å². The summed E-state index contributed by atoms with van der Waals surface area (Å²) in [6, 6.07) is 8.79. The quantitative estimate of drug-likeness (QED) is 0.463. The van der Waals surface area contributed by atoms with Gasteiger partial charge >= 0.3 is 6.09 Å². The Morgan fingerprint density at radius 1 is 1.27 bits per heavy atom. The number of fused-ring (bicyclic) bond motifs is 1. The second kappa shape index (κ2) is 8.73. The van der Waals surface area contributed by atoms with Crippen LogP contribution in [0, 0.1) is 11.6 Å². The van der Waals surface area contributed by atoms with Gasteiger partial charge in [-0.15, -0.1) is 0 Å². The number of anilines is 1. The van der Waals surface area contributed by atoms with Gasteiger partial charge < -0.3 is 25.0 Å². The van der Waals surface area contributed by atoms with Gasteiger partial charge in [0.1, 0.15) is 17.2 Å². The van der Waals surface area contributed by atoms with Crippen molar-refractivity contribution in [1.29, 1.82) is 0 Å². The Balaban J connectivity index is 1.43. The molecule has 3 N–H and O–H groups in total. The monoisotopic (exact) mass is 456 g/mol. The topological polar surface area (TPSA) is 89.9 Å². The van der Waals surface area contributed by atoms with E-state index in [-0.39, 0.29) is 29.0 Å². The lowest BCUT2D eigenvalue weighted by Gasteiger charge is -2.24. The molecule has 0 saturated carbocycles. The molecule has 174 valence electrons. The molecule has 0 aliphatic carbocycles. The number of H-pyrrole nitrogens is 1. The molecule has 1 aliphatic heterocycles. The van der Waals surface area contributed by atoms with E-state index in [1.807, 2.05) is 20.8 Å². The van der Waals surface area contributed by atoms with Crippen molar-refractivity contribution in [3.05, 3.63) is 53.6 Å². The molecule has 0 radical (unpaired) electrons. The Morgan fingerprint density at radius 3 is 2.79 bits per heavy atom. The Bertz CT molecular complexity index is 1220. The maximum absolute atomic E-state index is 14.7. The number of hydrogen-bond acceptors (Lipinski definition) is 5. The maximum Gasteiger partial charge on any atom is 0.410 e. The van der Waals surface area contributed by atoms with Crippen molar-refractivity contribution in [2.75, 3.05) is 18.4 Å². The summed E-state index contributed by atoms with van der Waals surface area (Å²) in [7, 11) is 0. The third-order valence-corrected chi connectivity index (χ3v) is 5.29. The van der Waals surface area contributed by atoms with Gasteiger partial charge in [0.2, 0.25) is 0 Å². The molecule has 1 unspecified atom stereocenters. The van der Waals surface area contributed by atoms with Gasteiger partial charge in [-0.05, 0) is 51.5 Å². The molecule has 3 aromatic rings. The number of rotatable bonds is 4. The van der Waals surface area contributed by atoms with E-state index in [4.69, 9.17) is 4.74 Å². The second-order valence-electron chi connectivity index (χ2n) is 9.03. The average molecular weight is 456 g/mol. The average Bonchev–Trinajstić information content (AvgIpc) is 3.32. The van der Waals surface area contributed by atoms with Crippen LogP contribution in [-0.2, 0) is 4.74 Å². The number of carbonyl (C=O) groups is 1. The number of aliphatic imine (C=N–C) groups is 1. The zero-order chi connectivity index (χ0) is 23.8. The number of aromatic hydroxyl groups is 1. The number of likely N-dealkylation sites (tertiary alicyclic amines) is 1. The van der Waals surface area contributed by atoms with E-state index in [0.717, 1.165) is 0 Å².